The molecule has 0 aromatic heterocycles. The van der Waals surface area contributed by atoms with E-state index in [-0.39, 0.29) is 10.6 Å². The van der Waals surface area contributed by atoms with Crippen LogP contribution >= 0.6 is 0 Å². The van der Waals surface area contributed by atoms with Crippen LogP contribution in [0.25, 0.3) is 0 Å². The monoisotopic (exact) mass is 249 g/mol. The summed E-state index contributed by atoms with van der Waals surface area (Å²) in [6, 6.07) is 5.70. The summed E-state index contributed by atoms with van der Waals surface area (Å²) >= 11 is 0. The molecule has 0 spiro atoms. The van der Waals surface area contributed by atoms with Crippen LogP contribution in [-0.4, -0.2) is 29.0 Å². The molecule has 0 aliphatic carbocycles. The third kappa shape index (κ3) is 2.52. The minimum atomic E-state index is -0.316. The second-order valence-corrected chi connectivity index (χ2v) is 4.82. The summed E-state index contributed by atoms with van der Waals surface area (Å²) in [6.45, 7) is 4.27. The zero-order valence-electron chi connectivity index (χ0n) is 10.6. The lowest BCUT2D eigenvalue weighted by molar-refractivity contribution is -0.385. The van der Waals surface area contributed by atoms with Crippen LogP contribution in [0.2, 0.25) is 0 Å². The van der Waals surface area contributed by atoms with Crippen molar-refractivity contribution in [3.8, 4) is 0 Å². The van der Waals surface area contributed by atoms with E-state index in [4.69, 9.17) is 5.73 Å². The van der Waals surface area contributed by atoms with E-state index in [0.717, 1.165) is 37.1 Å². The molecule has 0 saturated carbocycles. The summed E-state index contributed by atoms with van der Waals surface area (Å²) in [5.41, 5.74) is 7.75. The molecule has 1 heterocycles. The summed E-state index contributed by atoms with van der Waals surface area (Å²) in [5, 5.41) is 10.9. The summed E-state index contributed by atoms with van der Waals surface area (Å²) in [5.74, 6) is 0. The molecule has 1 aliphatic heterocycles. The van der Waals surface area contributed by atoms with Gasteiger partial charge in [-0.3, -0.25) is 15.0 Å². The van der Waals surface area contributed by atoms with E-state index in [0.29, 0.717) is 12.6 Å². The Morgan fingerprint density at radius 1 is 1.56 bits per heavy atom. The van der Waals surface area contributed by atoms with Gasteiger partial charge in [0.2, 0.25) is 0 Å². The van der Waals surface area contributed by atoms with Gasteiger partial charge in [-0.25, -0.2) is 0 Å². The van der Waals surface area contributed by atoms with Crippen LogP contribution in [0.5, 0.6) is 0 Å². The summed E-state index contributed by atoms with van der Waals surface area (Å²) in [6.07, 6.45) is 2.29. The van der Waals surface area contributed by atoms with Gasteiger partial charge in [-0.2, -0.15) is 0 Å². The molecular weight excluding hydrogens is 230 g/mol. The first-order valence-corrected chi connectivity index (χ1v) is 6.30. The maximum atomic E-state index is 10.9. The molecule has 1 unspecified atom stereocenters. The van der Waals surface area contributed by atoms with Crippen LogP contribution in [0, 0.1) is 17.0 Å². The first-order valence-electron chi connectivity index (χ1n) is 6.30. The number of benzene rings is 1. The smallest absolute Gasteiger partial charge is 0.272 e. The van der Waals surface area contributed by atoms with Gasteiger partial charge in [0.25, 0.3) is 5.69 Å². The number of nitrogens with two attached hydrogens (primary N) is 1. The van der Waals surface area contributed by atoms with Gasteiger partial charge in [0, 0.05) is 30.8 Å². The molecule has 1 atom stereocenters. The molecule has 98 valence electrons. The normalized spacial score (nSPS) is 20.2. The molecule has 18 heavy (non-hydrogen) atoms. The molecule has 5 nitrogen and oxygen atoms in total. The first kappa shape index (κ1) is 13.0. The number of nitro groups is 1. The maximum Gasteiger partial charge on any atom is 0.272 e. The van der Waals surface area contributed by atoms with Crippen LogP contribution in [0.15, 0.2) is 18.2 Å². The standard InChI is InChI=1S/C13H19N3O2/c1-10-11(4-2-6-13(10)16(17)18)9-15-7-3-5-12(15)8-14/h2,4,6,12H,3,5,7-9,14H2,1H3. The fraction of sp³-hybridized carbons (Fsp3) is 0.538. The number of nitrogens with zero attached hydrogens (tertiary/aromatic N) is 2. The van der Waals surface area contributed by atoms with Gasteiger partial charge in [0.15, 0.2) is 0 Å². The largest absolute Gasteiger partial charge is 0.329 e. The van der Waals surface area contributed by atoms with E-state index in [1.54, 1.807) is 12.1 Å². The average Bonchev–Trinajstić information content (AvgIpc) is 2.78. The van der Waals surface area contributed by atoms with Crippen LogP contribution < -0.4 is 5.73 Å². The molecule has 2 N–H and O–H groups in total. The average molecular weight is 249 g/mol. The van der Waals surface area contributed by atoms with Crippen LogP contribution in [0.1, 0.15) is 24.0 Å². The Kier molecular flexibility index (Phi) is 3.93. The van der Waals surface area contributed by atoms with Crippen molar-refractivity contribution in [3.05, 3.63) is 39.4 Å². The lowest BCUT2D eigenvalue weighted by Gasteiger charge is -2.23. The van der Waals surface area contributed by atoms with Crippen molar-refractivity contribution >= 4 is 5.69 Å². The molecule has 1 aromatic rings. The highest BCUT2D eigenvalue weighted by atomic mass is 16.6. The minimum Gasteiger partial charge on any atom is -0.329 e. The highest BCUT2D eigenvalue weighted by Crippen LogP contribution is 2.25. The Balaban J connectivity index is 2.19. The first-order chi connectivity index (χ1) is 8.63. The number of rotatable bonds is 4. The third-order valence-corrected chi connectivity index (χ3v) is 3.76. The fourth-order valence-corrected chi connectivity index (χ4v) is 2.63. The molecule has 1 saturated heterocycles. The molecule has 1 fully saturated rings. The SMILES string of the molecule is Cc1c(CN2CCCC2CN)cccc1[N+](=O)[O-]. The van der Waals surface area contributed by atoms with Crippen molar-refractivity contribution in [2.24, 2.45) is 5.73 Å². The van der Waals surface area contributed by atoms with E-state index < -0.39 is 0 Å². The van der Waals surface area contributed by atoms with Gasteiger partial charge in [-0.1, -0.05) is 12.1 Å². The second-order valence-electron chi connectivity index (χ2n) is 4.82. The lowest BCUT2D eigenvalue weighted by atomic mass is 10.1. The third-order valence-electron chi connectivity index (χ3n) is 3.76. The summed E-state index contributed by atoms with van der Waals surface area (Å²) < 4.78 is 0. The van der Waals surface area contributed by atoms with E-state index >= 15 is 0 Å². The van der Waals surface area contributed by atoms with Crippen molar-refractivity contribution in [1.29, 1.82) is 0 Å². The Morgan fingerprint density at radius 3 is 3.00 bits per heavy atom. The molecule has 2 rings (SSSR count). The van der Waals surface area contributed by atoms with Gasteiger partial charge in [0.05, 0.1) is 4.92 Å². The van der Waals surface area contributed by atoms with E-state index in [1.807, 2.05) is 13.0 Å². The van der Waals surface area contributed by atoms with E-state index in [9.17, 15) is 10.1 Å². The Bertz CT molecular complexity index is 448. The molecule has 0 amide bonds. The zero-order valence-corrected chi connectivity index (χ0v) is 10.6. The number of hydrogen-bond donors (Lipinski definition) is 1. The second kappa shape index (κ2) is 5.46. The van der Waals surface area contributed by atoms with Gasteiger partial charge < -0.3 is 5.73 Å². The van der Waals surface area contributed by atoms with Crippen molar-refractivity contribution in [2.75, 3.05) is 13.1 Å². The van der Waals surface area contributed by atoms with Crippen molar-refractivity contribution in [2.45, 2.75) is 32.4 Å². The van der Waals surface area contributed by atoms with Crippen molar-refractivity contribution < 1.29 is 4.92 Å². The zero-order chi connectivity index (χ0) is 13.1. The van der Waals surface area contributed by atoms with Crippen molar-refractivity contribution in [3.63, 3.8) is 0 Å². The molecule has 1 aromatic carbocycles. The number of nitro benzene ring substituents is 1. The quantitative estimate of drug-likeness (QED) is 0.652. The summed E-state index contributed by atoms with van der Waals surface area (Å²) in [4.78, 5) is 12.9. The van der Waals surface area contributed by atoms with Gasteiger partial charge in [-0.05, 0) is 31.9 Å². The van der Waals surface area contributed by atoms with E-state index in [1.165, 1.54) is 0 Å². The fourth-order valence-electron chi connectivity index (χ4n) is 2.63. The topological polar surface area (TPSA) is 72.4 Å². The highest BCUT2D eigenvalue weighted by Gasteiger charge is 2.24. The molecule has 5 heteroatoms. The van der Waals surface area contributed by atoms with Gasteiger partial charge in [-0.15, -0.1) is 0 Å². The molecule has 0 bridgehead atoms. The van der Waals surface area contributed by atoms with Crippen LogP contribution in [-0.2, 0) is 6.54 Å². The molecular formula is C13H19N3O2. The highest BCUT2D eigenvalue weighted by molar-refractivity contribution is 5.44. The minimum absolute atomic E-state index is 0.205. The molecule has 1 aliphatic rings. The predicted molar refractivity (Wildman–Crippen MR) is 70.3 cm³/mol. The lowest BCUT2D eigenvalue weighted by Crippen LogP contribution is -2.35. The Morgan fingerprint density at radius 2 is 2.33 bits per heavy atom. The number of likely N-dealkylation sites (tertiary alicyclic amines) is 1. The Hall–Kier alpha value is -1.46. The maximum absolute atomic E-state index is 10.9. The Labute approximate surface area is 107 Å². The van der Waals surface area contributed by atoms with Crippen LogP contribution in [0.3, 0.4) is 0 Å². The van der Waals surface area contributed by atoms with Gasteiger partial charge in [0.1, 0.15) is 0 Å². The van der Waals surface area contributed by atoms with E-state index in [2.05, 4.69) is 4.90 Å². The van der Waals surface area contributed by atoms with Crippen LogP contribution in [0.4, 0.5) is 5.69 Å². The molecule has 0 radical (unpaired) electrons. The summed E-state index contributed by atoms with van der Waals surface area (Å²) in [7, 11) is 0. The number of hydrogen-bond acceptors (Lipinski definition) is 4. The van der Waals surface area contributed by atoms with Crippen molar-refractivity contribution in [1.82, 2.24) is 4.90 Å². The predicted octanol–water partition coefficient (Wildman–Crippen LogP) is 1.83. The van der Waals surface area contributed by atoms with Gasteiger partial charge >= 0.3 is 0 Å².